The Balaban J connectivity index is 2.19. The molecule has 1 rings (SSSR count). The monoisotopic (exact) mass is 186 g/mol. The number of nitrogens with zero attached hydrogens (tertiary/aromatic N) is 1. The van der Waals surface area contributed by atoms with Crippen molar-refractivity contribution >= 4 is 0 Å². The van der Waals surface area contributed by atoms with Gasteiger partial charge in [-0.3, -0.25) is 0 Å². The maximum absolute atomic E-state index is 5.49. The molecule has 0 spiro atoms. The first-order chi connectivity index (χ1) is 6.36. The summed E-state index contributed by atoms with van der Waals surface area (Å²) in [5, 5.41) is 0. The van der Waals surface area contributed by atoms with Gasteiger partial charge in [0.25, 0.3) is 0 Å². The third kappa shape index (κ3) is 4.07. The highest BCUT2D eigenvalue weighted by Crippen LogP contribution is 2.13. The van der Waals surface area contributed by atoms with E-state index in [0.717, 1.165) is 19.5 Å². The lowest BCUT2D eigenvalue weighted by atomic mass is 10.2. The van der Waals surface area contributed by atoms with E-state index in [1.165, 1.54) is 32.4 Å². The molecule has 1 aliphatic heterocycles. The second-order valence-electron chi connectivity index (χ2n) is 3.77. The van der Waals surface area contributed by atoms with E-state index in [2.05, 4.69) is 4.90 Å². The summed E-state index contributed by atoms with van der Waals surface area (Å²) in [4.78, 5) is 2.51. The predicted octanol–water partition coefficient (Wildman–Crippen LogP) is 0.836. The van der Waals surface area contributed by atoms with Crippen molar-refractivity contribution in [3.8, 4) is 0 Å². The predicted molar refractivity (Wildman–Crippen MR) is 54.8 cm³/mol. The van der Waals surface area contributed by atoms with Crippen LogP contribution in [0.25, 0.3) is 0 Å². The van der Waals surface area contributed by atoms with Crippen molar-refractivity contribution in [2.75, 3.05) is 33.3 Å². The summed E-state index contributed by atoms with van der Waals surface area (Å²) >= 11 is 0. The lowest BCUT2D eigenvalue weighted by Gasteiger charge is -2.19. The maximum atomic E-state index is 5.49. The van der Waals surface area contributed by atoms with E-state index >= 15 is 0 Å². The molecule has 0 amide bonds. The largest absolute Gasteiger partial charge is 0.381 e. The lowest BCUT2D eigenvalue weighted by Crippen LogP contribution is -2.27. The number of rotatable bonds is 4. The van der Waals surface area contributed by atoms with Crippen molar-refractivity contribution < 1.29 is 4.74 Å². The van der Waals surface area contributed by atoms with E-state index in [9.17, 15) is 0 Å². The van der Waals surface area contributed by atoms with Crippen molar-refractivity contribution in [3.05, 3.63) is 0 Å². The van der Waals surface area contributed by atoms with Gasteiger partial charge in [0.2, 0.25) is 0 Å². The first-order valence-electron chi connectivity index (χ1n) is 5.32. The minimum absolute atomic E-state index is 0.489. The molecule has 1 unspecified atom stereocenters. The topological polar surface area (TPSA) is 38.5 Å². The highest BCUT2D eigenvalue weighted by atomic mass is 16.5. The van der Waals surface area contributed by atoms with E-state index in [0.29, 0.717) is 6.10 Å². The first-order valence-corrected chi connectivity index (χ1v) is 5.32. The van der Waals surface area contributed by atoms with Gasteiger partial charge in [0.1, 0.15) is 0 Å². The van der Waals surface area contributed by atoms with E-state index < -0.39 is 0 Å². The Hall–Kier alpha value is -0.120. The summed E-state index contributed by atoms with van der Waals surface area (Å²) in [5.41, 5.74) is 5.49. The van der Waals surface area contributed by atoms with Crippen LogP contribution in [0.4, 0.5) is 0 Å². The molecule has 13 heavy (non-hydrogen) atoms. The molecule has 1 fully saturated rings. The number of hydrogen-bond acceptors (Lipinski definition) is 3. The van der Waals surface area contributed by atoms with Crippen molar-refractivity contribution in [1.82, 2.24) is 4.90 Å². The molecular weight excluding hydrogens is 164 g/mol. The quantitative estimate of drug-likeness (QED) is 0.707. The van der Waals surface area contributed by atoms with Gasteiger partial charge < -0.3 is 15.4 Å². The molecule has 0 radical (unpaired) electrons. The van der Waals surface area contributed by atoms with Gasteiger partial charge in [-0.15, -0.1) is 0 Å². The van der Waals surface area contributed by atoms with Crippen LogP contribution in [0.5, 0.6) is 0 Å². The molecule has 0 saturated carbocycles. The number of ether oxygens (including phenoxy) is 1. The summed E-state index contributed by atoms with van der Waals surface area (Å²) in [6, 6.07) is 0. The Bertz CT molecular complexity index is 130. The second kappa shape index (κ2) is 6.35. The Labute approximate surface area is 81.2 Å². The van der Waals surface area contributed by atoms with Gasteiger partial charge in [-0.05, 0) is 45.3 Å². The zero-order chi connectivity index (χ0) is 9.52. The number of nitrogens with two attached hydrogens (primary N) is 1. The Kier molecular flexibility index (Phi) is 5.35. The minimum atomic E-state index is 0.489. The summed E-state index contributed by atoms with van der Waals surface area (Å²) in [7, 11) is 1.82. The van der Waals surface area contributed by atoms with Crippen LogP contribution in [0, 0.1) is 0 Å². The zero-order valence-corrected chi connectivity index (χ0v) is 8.67. The van der Waals surface area contributed by atoms with Crippen molar-refractivity contribution in [1.29, 1.82) is 0 Å². The van der Waals surface area contributed by atoms with Crippen LogP contribution in [0.1, 0.15) is 25.7 Å². The smallest absolute Gasteiger partial charge is 0.0584 e. The van der Waals surface area contributed by atoms with Crippen molar-refractivity contribution in [2.24, 2.45) is 5.73 Å². The van der Waals surface area contributed by atoms with Gasteiger partial charge in [-0.2, -0.15) is 0 Å². The fourth-order valence-electron chi connectivity index (χ4n) is 1.90. The first kappa shape index (κ1) is 11.0. The van der Waals surface area contributed by atoms with E-state index in [1.807, 2.05) is 7.11 Å². The summed E-state index contributed by atoms with van der Waals surface area (Å²) in [6.45, 7) is 4.37. The number of likely N-dealkylation sites (tertiary alicyclic amines) is 1. The standard InChI is InChI=1S/C10H22N2O/c1-13-10-4-2-7-12(9-5-10)8-3-6-11/h10H,2-9,11H2,1H3. The zero-order valence-electron chi connectivity index (χ0n) is 8.67. The molecule has 1 aliphatic rings. The molecule has 1 heterocycles. The van der Waals surface area contributed by atoms with Crippen LogP contribution >= 0.6 is 0 Å². The molecule has 0 aromatic rings. The molecule has 0 aromatic carbocycles. The van der Waals surface area contributed by atoms with E-state index in [-0.39, 0.29) is 0 Å². The average Bonchev–Trinajstić information content (AvgIpc) is 2.39. The number of hydrogen-bond donors (Lipinski definition) is 1. The molecule has 0 aromatic heterocycles. The highest BCUT2D eigenvalue weighted by molar-refractivity contribution is 4.69. The summed E-state index contributed by atoms with van der Waals surface area (Å²) in [5.74, 6) is 0. The third-order valence-electron chi connectivity index (χ3n) is 2.78. The van der Waals surface area contributed by atoms with Crippen molar-refractivity contribution in [3.63, 3.8) is 0 Å². The number of methoxy groups -OCH3 is 1. The SMILES string of the molecule is COC1CCCN(CCCN)CC1. The second-order valence-corrected chi connectivity index (χ2v) is 3.77. The van der Waals surface area contributed by atoms with Gasteiger partial charge in [0.05, 0.1) is 6.10 Å². The van der Waals surface area contributed by atoms with Gasteiger partial charge in [-0.1, -0.05) is 0 Å². The molecule has 78 valence electrons. The Morgan fingerprint density at radius 2 is 2.23 bits per heavy atom. The minimum Gasteiger partial charge on any atom is -0.381 e. The van der Waals surface area contributed by atoms with Crippen LogP contribution in [0.2, 0.25) is 0 Å². The fraction of sp³-hybridized carbons (Fsp3) is 1.00. The van der Waals surface area contributed by atoms with Crippen LogP contribution in [0.15, 0.2) is 0 Å². The molecule has 0 aliphatic carbocycles. The molecule has 3 nitrogen and oxygen atoms in total. The van der Waals surface area contributed by atoms with E-state index in [1.54, 1.807) is 0 Å². The molecule has 2 N–H and O–H groups in total. The van der Waals surface area contributed by atoms with Gasteiger partial charge in [-0.25, -0.2) is 0 Å². The fourth-order valence-corrected chi connectivity index (χ4v) is 1.90. The Morgan fingerprint density at radius 3 is 2.92 bits per heavy atom. The normalized spacial score (nSPS) is 25.8. The van der Waals surface area contributed by atoms with Gasteiger partial charge in [0, 0.05) is 13.7 Å². The van der Waals surface area contributed by atoms with Crippen LogP contribution < -0.4 is 5.73 Å². The maximum Gasteiger partial charge on any atom is 0.0584 e. The molecule has 0 bridgehead atoms. The van der Waals surface area contributed by atoms with Gasteiger partial charge >= 0.3 is 0 Å². The summed E-state index contributed by atoms with van der Waals surface area (Å²) in [6.07, 6.45) is 5.28. The van der Waals surface area contributed by atoms with Gasteiger partial charge in [0.15, 0.2) is 0 Å². The lowest BCUT2D eigenvalue weighted by molar-refractivity contribution is 0.0897. The highest BCUT2D eigenvalue weighted by Gasteiger charge is 2.15. The van der Waals surface area contributed by atoms with Crippen LogP contribution in [-0.4, -0.2) is 44.3 Å². The van der Waals surface area contributed by atoms with Crippen LogP contribution in [0.3, 0.4) is 0 Å². The van der Waals surface area contributed by atoms with Crippen molar-refractivity contribution in [2.45, 2.75) is 31.8 Å². The Morgan fingerprint density at radius 1 is 1.38 bits per heavy atom. The molecular formula is C10H22N2O. The average molecular weight is 186 g/mol. The third-order valence-corrected chi connectivity index (χ3v) is 2.78. The van der Waals surface area contributed by atoms with E-state index in [4.69, 9.17) is 10.5 Å². The van der Waals surface area contributed by atoms with Crippen LogP contribution in [-0.2, 0) is 4.74 Å². The molecule has 1 saturated heterocycles. The summed E-state index contributed by atoms with van der Waals surface area (Å²) < 4.78 is 5.37. The molecule has 1 atom stereocenters. The molecule has 3 heteroatoms.